The molecule has 2 amide bonds. The summed E-state index contributed by atoms with van der Waals surface area (Å²) in [5.41, 5.74) is 7.95. The molecular weight excluding hydrogens is 524 g/mol. The fourth-order valence-electron chi connectivity index (χ4n) is 5.85. The third-order valence-electron chi connectivity index (χ3n) is 7.53. The molecule has 3 N–H and O–H groups in total. The molecule has 41 heavy (non-hydrogen) atoms. The number of likely N-dealkylation sites (tertiary alicyclic amines) is 1. The Bertz CT molecular complexity index is 1630. The van der Waals surface area contributed by atoms with E-state index in [1.54, 1.807) is 42.6 Å². The van der Waals surface area contributed by atoms with E-state index in [0.29, 0.717) is 51.9 Å². The van der Waals surface area contributed by atoms with Gasteiger partial charge < -0.3 is 25.4 Å². The molecule has 0 radical (unpaired) electrons. The number of hydrogen-bond donors (Lipinski definition) is 2. The average molecular weight is 557 g/mol. The Kier molecular flexibility index (Phi) is 6.47. The molecule has 12 heteroatoms. The molecule has 4 heterocycles. The summed E-state index contributed by atoms with van der Waals surface area (Å²) in [5.74, 6) is 1.18. The highest BCUT2D eigenvalue weighted by atomic mass is 16.6. The highest BCUT2D eigenvalue weighted by Crippen LogP contribution is 2.47. The van der Waals surface area contributed by atoms with Gasteiger partial charge in [-0.3, -0.25) is 4.79 Å². The summed E-state index contributed by atoms with van der Waals surface area (Å²) in [5, 5.41) is 8.37. The maximum Gasteiger partial charge on any atom is 0.410 e. The lowest BCUT2D eigenvalue weighted by Gasteiger charge is -2.34. The first-order valence-corrected chi connectivity index (χ1v) is 13.5. The van der Waals surface area contributed by atoms with Crippen molar-refractivity contribution in [2.24, 2.45) is 5.92 Å². The van der Waals surface area contributed by atoms with Crippen molar-refractivity contribution >= 4 is 34.7 Å². The van der Waals surface area contributed by atoms with Crippen LogP contribution < -0.4 is 15.8 Å². The molecule has 3 aromatic heterocycles. The predicted molar refractivity (Wildman–Crippen MR) is 152 cm³/mol. The molecule has 1 aromatic carbocycles. The minimum absolute atomic E-state index is 0.0819. The van der Waals surface area contributed by atoms with Crippen LogP contribution in [0, 0.1) is 5.92 Å². The lowest BCUT2D eigenvalue weighted by molar-refractivity contribution is 0.0135. The van der Waals surface area contributed by atoms with Gasteiger partial charge in [-0.2, -0.15) is 5.10 Å². The highest BCUT2D eigenvalue weighted by Gasteiger charge is 2.50. The number of fused-ring (bicyclic) bond motifs is 3. The second kappa shape index (κ2) is 10.0. The van der Waals surface area contributed by atoms with Crippen molar-refractivity contribution in [2.45, 2.75) is 51.3 Å². The van der Waals surface area contributed by atoms with Gasteiger partial charge in [0.1, 0.15) is 35.0 Å². The summed E-state index contributed by atoms with van der Waals surface area (Å²) in [6.45, 7) is 6.26. The third-order valence-corrected chi connectivity index (χ3v) is 7.53. The molecule has 0 spiro atoms. The summed E-state index contributed by atoms with van der Waals surface area (Å²) in [7, 11) is 1.53. The predicted octanol–water partition coefficient (Wildman–Crippen LogP) is 4.30. The zero-order chi connectivity index (χ0) is 28.9. The number of ether oxygens (including phenoxy) is 2. The van der Waals surface area contributed by atoms with Crippen LogP contribution in [0.15, 0.2) is 48.9 Å². The fourth-order valence-corrected chi connectivity index (χ4v) is 5.85. The molecule has 2 unspecified atom stereocenters. The van der Waals surface area contributed by atoms with E-state index in [0.717, 1.165) is 12.8 Å². The second-order valence-corrected chi connectivity index (χ2v) is 11.4. The third kappa shape index (κ3) is 4.90. The first kappa shape index (κ1) is 26.5. The van der Waals surface area contributed by atoms with Crippen molar-refractivity contribution in [3.8, 4) is 17.0 Å². The Morgan fingerprint density at radius 2 is 1.88 bits per heavy atom. The number of nitrogens with one attached hydrogen (secondary N) is 1. The number of carbonyl (C=O) groups is 2. The van der Waals surface area contributed by atoms with E-state index in [1.165, 1.54) is 13.4 Å². The maximum absolute atomic E-state index is 13.0. The summed E-state index contributed by atoms with van der Waals surface area (Å²) in [4.78, 5) is 40.7. The fraction of sp³-hybridized carbons (Fsp3) is 0.379. The van der Waals surface area contributed by atoms with Gasteiger partial charge in [-0.1, -0.05) is 6.07 Å². The van der Waals surface area contributed by atoms with E-state index in [-0.39, 0.29) is 29.9 Å². The van der Waals surface area contributed by atoms with Gasteiger partial charge in [0.15, 0.2) is 5.65 Å². The van der Waals surface area contributed by atoms with Gasteiger partial charge in [0, 0.05) is 23.9 Å². The molecule has 3 atom stereocenters. The number of nitrogen functional groups attached to an aromatic ring is 1. The standard InChI is InChI=1S/C29H32N8O4/c1-29(2,3)41-28(39)36-14-16-11-19(36)20(12-16)37-26-23(25(30)32-15-33-26)24(35-37)18-9-8-17(13-21(18)40-4)27(38)34-22-7-5-6-10-31-22/h5-10,13,15-16,19-20H,11-12,14H2,1-4H3,(H2,30,32,33)(H,31,34,38)/t16-,19?,20?/m1/s1. The number of amides is 2. The second-order valence-electron chi connectivity index (χ2n) is 11.4. The van der Waals surface area contributed by atoms with Crippen LogP contribution in [-0.4, -0.2) is 66.9 Å². The van der Waals surface area contributed by atoms with Gasteiger partial charge in [0.2, 0.25) is 0 Å². The van der Waals surface area contributed by atoms with E-state index in [2.05, 4.69) is 20.3 Å². The molecule has 212 valence electrons. The zero-order valence-electron chi connectivity index (χ0n) is 23.4. The molecule has 1 aliphatic carbocycles. The smallest absolute Gasteiger partial charge is 0.410 e. The number of pyridine rings is 1. The number of nitrogens with zero attached hydrogens (tertiary/aromatic N) is 6. The quantitative estimate of drug-likeness (QED) is 0.367. The topological polar surface area (TPSA) is 150 Å². The van der Waals surface area contributed by atoms with Crippen molar-refractivity contribution in [2.75, 3.05) is 24.7 Å². The molecule has 4 aromatic rings. The van der Waals surface area contributed by atoms with E-state index in [1.807, 2.05) is 30.4 Å². The van der Waals surface area contributed by atoms with Gasteiger partial charge in [-0.15, -0.1) is 0 Å². The summed E-state index contributed by atoms with van der Waals surface area (Å²) in [6.07, 6.45) is 4.43. The van der Waals surface area contributed by atoms with E-state index >= 15 is 0 Å². The summed E-state index contributed by atoms with van der Waals surface area (Å²) in [6, 6.07) is 10.2. The van der Waals surface area contributed by atoms with Crippen LogP contribution in [0.25, 0.3) is 22.3 Å². The molecule has 2 aliphatic rings. The number of anilines is 2. The molecule has 1 saturated carbocycles. The first-order valence-electron chi connectivity index (χ1n) is 13.5. The van der Waals surface area contributed by atoms with Crippen LogP contribution in [-0.2, 0) is 4.74 Å². The minimum atomic E-state index is -0.584. The molecule has 6 rings (SSSR count). The van der Waals surface area contributed by atoms with Crippen molar-refractivity contribution < 1.29 is 19.1 Å². The van der Waals surface area contributed by atoms with E-state index in [9.17, 15) is 9.59 Å². The van der Waals surface area contributed by atoms with Crippen LogP contribution in [0.3, 0.4) is 0 Å². The maximum atomic E-state index is 13.0. The van der Waals surface area contributed by atoms with E-state index in [4.69, 9.17) is 20.3 Å². The Hall–Kier alpha value is -4.74. The SMILES string of the molecule is COc1cc(C(=O)Nc2ccccn2)ccc1-c1nn(C2C[C@H]3CC2N(C(=O)OC(C)(C)C)C3)c2ncnc(N)c12. The first-order chi connectivity index (χ1) is 19.6. The molecule has 2 fully saturated rings. The molecule has 1 saturated heterocycles. The van der Waals surface area contributed by atoms with Crippen LogP contribution in [0.4, 0.5) is 16.4 Å². The Morgan fingerprint density at radius 3 is 2.59 bits per heavy atom. The molecule has 2 bridgehead atoms. The Morgan fingerprint density at radius 1 is 1.07 bits per heavy atom. The number of carbonyl (C=O) groups excluding carboxylic acids is 2. The summed E-state index contributed by atoms with van der Waals surface area (Å²) >= 11 is 0. The van der Waals surface area contributed by atoms with Crippen LogP contribution in [0.1, 0.15) is 50.0 Å². The lowest BCUT2D eigenvalue weighted by atomic mass is 10.0. The van der Waals surface area contributed by atoms with Crippen molar-refractivity contribution in [1.82, 2.24) is 29.6 Å². The van der Waals surface area contributed by atoms with Gasteiger partial charge in [0.25, 0.3) is 5.91 Å². The Labute approximate surface area is 236 Å². The van der Waals surface area contributed by atoms with Gasteiger partial charge in [0.05, 0.1) is 24.6 Å². The number of aromatic nitrogens is 5. The van der Waals surface area contributed by atoms with Crippen LogP contribution >= 0.6 is 0 Å². The van der Waals surface area contributed by atoms with Gasteiger partial charge >= 0.3 is 6.09 Å². The Balaban J connectivity index is 1.37. The molecule has 12 nitrogen and oxygen atoms in total. The van der Waals surface area contributed by atoms with Crippen LogP contribution in [0.5, 0.6) is 5.75 Å². The number of benzene rings is 1. The summed E-state index contributed by atoms with van der Waals surface area (Å²) < 4.78 is 13.3. The van der Waals surface area contributed by atoms with Gasteiger partial charge in [-0.05, 0) is 69.9 Å². The number of rotatable bonds is 5. The van der Waals surface area contributed by atoms with Crippen molar-refractivity contribution in [1.29, 1.82) is 0 Å². The molecular formula is C29H32N8O4. The lowest BCUT2D eigenvalue weighted by Crippen LogP contribution is -2.45. The monoisotopic (exact) mass is 556 g/mol. The van der Waals surface area contributed by atoms with Gasteiger partial charge in [-0.25, -0.2) is 24.4 Å². The number of piperidine rings is 1. The average Bonchev–Trinajstić information content (AvgIpc) is 3.66. The largest absolute Gasteiger partial charge is 0.496 e. The van der Waals surface area contributed by atoms with Crippen LogP contribution in [0.2, 0.25) is 0 Å². The zero-order valence-corrected chi connectivity index (χ0v) is 23.4. The normalized spacial score (nSPS) is 19.9. The molecule has 1 aliphatic heterocycles. The van der Waals surface area contributed by atoms with Crippen molar-refractivity contribution in [3.05, 3.63) is 54.5 Å². The highest BCUT2D eigenvalue weighted by molar-refractivity contribution is 6.05. The number of nitrogens with two attached hydrogens (primary N) is 1. The van der Waals surface area contributed by atoms with Crippen molar-refractivity contribution in [3.63, 3.8) is 0 Å². The number of methoxy groups -OCH3 is 1. The minimum Gasteiger partial charge on any atom is -0.496 e. The number of hydrogen-bond acceptors (Lipinski definition) is 9. The van der Waals surface area contributed by atoms with E-state index < -0.39 is 5.60 Å².